The molecule has 1 heterocycles. The standard InChI is InChI=1S/C8H13N3O/c1-8(10,5-12)6-2-3-7(9)11-4-6/h2-4,12H,5,10H2,1H3,(H2,9,11). The molecule has 1 unspecified atom stereocenters. The maximum atomic E-state index is 8.93. The van der Waals surface area contributed by atoms with Crippen molar-refractivity contribution in [2.24, 2.45) is 5.73 Å². The van der Waals surface area contributed by atoms with Crippen LogP contribution in [0.2, 0.25) is 0 Å². The molecule has 4 heteroatoms. The molecular weight excluding hydrogens is 154 g/mol. The van der Waals surface area contributed by atoms with Gasteiger partial charge in [0.1, 0.15) is 5.82 Å². The van der Waals surface area contributed by atoms with Crippen molar-refractivity contribution in [1.29, 1.82) is 0 Å². The summed E-state index contributed by atoms with van der Waals surface area (Å²) >= 11 is 0. The van der Waals surface area contributed by atoms with Gasteiger partial charge in [0.25, 0.3) is 0 Å². The fraction of sp³-hybridized carbons (Fsp3) is 0.375. The maximum absolute atomic E-state index is 8.93. The normalized spacial score (nSPS) is 15.6. The van der Waals surface area contributed by atoms with Gasteiger partial charge < -0.3 is 16.6 Å². The molecule has 0 saturated heterocycles. The van der Waals surface area contributed by atoms with E-state index >= 15 is 0 Å². The van der Waals surface area contributed by atoms with Crippen LogP contribution in [-0.4, -0.2) is 16.7 Å². The van der Waals surface area contributed by atoms with E-state index in [0.29, 0.717) is 5.82 Å². The van der Waals surface area contributed by atoms with Crippen molar-refractivity contribution < 1.29 is 5.11 Å². The smallest absolute Gasteiger partial charge is 0.123 e. The number of nitrogens with two attached hydrogens (primary N) is 2. The molecule has 4 nitrogen and oxygen atoms in total. The minimum Gasteiger partial charge on any atom is -0.394 e. The first-order valence-corrected chi connectivity index (χ1v) is 3.68. The van der Waals surface area contributed by atoms with Gasteiger partial charge in [-0.2, -0.15) is 0 Å². The van der Waals surface area contributed by atoms with Crippen molar-refractivity contribution in [3.63, 3.8) is 0 Å². The Hall–Kier alpha value is -1.13. The Bertz CT molecular complexity index is 256. The highest BCUT2D eigenvalue weighted by atomic mass is 16.3. The minimum atomic E-state index is -0.735. The number of anilines is 1. The van der Waals surface area contributed by atoms with Crippen molar-refractivity contribution in [2.45, 2.75) is 12.5 Å². The van der Waals surface area contributed by atoms with Gasteiger partial charge in [-0.3, -0.25) is 0 Å². The van der Waals surface area contributed by atoms with Crippen LogP contribution in [0.15, 0.2) is 18.3 Å². The van der Waals surface area contributed by atoms with Gasteiger partial charge in [-0.05, 0) is 18.6 Å². The van der Waals surface area contributed by atoms with Gasteiger partial charge in [-0.25, -0.2) is 4.98 Å². The van der Waals surface area contributed by atoms with Gasteiger partial charge in [-0.15, -0.1) is 0 Å². The average molecular weight is 167 g/mol. The fourth-order valence-electron chi connectivity index (χ4n) is 0.834. The van der Waals surface area contributed by atoms with E-state index in [1.165, 1.54) is 0 Å². The molecule has 66 valence electrons. The maximum Gasteiger partial charge on any atom is 0.123 e. The van der Waals surface area contributed by atoms with Crippen LogP contribution in [0.25, 0.3) is 0 Å². The summed E-state index contributed by atoms with van der Waals surface area (Å²) in [4.78, 5) is 3.88. The predicted octanol–water partition coefficient (Wildman–Crippen LogP) is -0.170. The lowest BCUT2D eigenvalue weighted by Crippen LogP contribution is -2.37. The van der Waals surface area contributed by atoms with Crippen molar-refractivity contribution in [3.8, 4) is 0 Å². The molecule has 1 atom stereocenters. The van der Waals surface area contributed by atoms with Crippen LogP contribution in [0.3, 0.4) is 0 Å². The third-order valence-corrected chi connectivity index (χ3v) is 1.77. The SMILES string of the molecule is CC(N)(CO)c1ccc(N)nc1. The number of aliphatic hydroxyl groups is 1. The van der Waals surface area contributed by atoms with Gasteiger partial charge in [0.2, 0.25) is 0 Å². The molecule has 0 fully saturated rings. The van der Waals surface area contributed by atoms with E-state index in [9.17, 15) is 0 Å². The van der Waals surface area contributed by atoms with Crippen molar-refractivity contribution >= 4 is 5.82 Å². The predicted molar refractivity (Wildman–Crippen MR) is 47.3 cm³/mol. The van der Waals surface area contributed by atoms with E-state index in [1.54, 1.807) is 25.3 Å². The zero-order chi connectivity index (χ0) is 9.19. The Balaban J connectivity index is 2.96. The van der Waals surface area contributed by atoms with Gasteiger partial charge >= 0.3 is 0 Å². The quantitative estimate of drug-likeness (QED) is 0.571. The summed E-state index contributed by atoms with van der Waals surface area (Å²) in [5, 5.41) is 8.93. The molecule has 0 spiro atoms. The second-order valence-electron chi connectivity index (χ2n) is 3.05. The second kappa shape index (κ2) is 3.08. The van der Waals surface area contributed by atoms with Crippen LogP contribution in [-0.2, 0) is 5.54 Å². The summed E-state index contributed by atoms with van der Waals surface area (Å²) in [5.74, 6) is 0.451. The molecule has 0 saturated carbocycles. The lowest BCUT2D eigenvalue weighted by molar-refractivity contribution is 0.210. The van der Waals surface area contributed by atoms with Gasteiger partial charge in [-0.1, -0.05) is 6.07 Å². The summed E-state index contributed by atoms with van der Waals surface area (Å²) < 4.78 is 0. The highest BCUT2D eigenvalue weighted by Crippen LogP contribution is 2.15. The van der Waals surface area contributed by atoms with Crippen LogP contribution in [0.1, 0.15) is 12.5 Å². The summed E-state index contributed by atoms with van der Waals surface area (Å²) in [6, 6.07) is 3.43. The molecule has 0 aliphatic rings. The monoisotopic (exact) mass is 167 g/mol. The summed E-state index contributed by atoms with van der Waals surface area (Å²) in [5.41, 5.74) is 11.2. The van der Waals surface area contributed by atoms with Gasteiger partial charge in [0.15, 0.2) is 0 Å². The number of aromatic nitrogens is 1. The van der Waals surface area contributed by atoms with E-state index in [1.807, 2.05) is 0 Å². The largest absolute Gasteiger partial charge is 0.394 e. The summed E-state index contributed by atoms with van der Waals surface area (Å²) in [6.45, 7) is 1.62. The fourth-order valence-corrected chi connectivity index (χ4v) is 0.834. The Morgan fingerprint density at radius 3 is 2.67 bits per heavy atom. The highest BCUT2D eigenvalue weighted by Gasteiger charge is 2.19. The van der Waals surface area contributed by atoms with Crippen LogP contribution in [0.5, 0.6) is 0 Å². The number of nitrogen functional groups attached to an aromatic ring is 1. The molecule has 0 bridgehead atoms. The van der Waals surface area contributed by atoms with Crippen molar-refractivity contribution in [1.82, 2.24) is 4.98 Å². The molecule has 1 rings (SSSR count). The molecule has 1 aromatic rings. The number of hydrogen-bond acceptors (Lipinski definition) is 4. The minimum absolute atomic E-state index is 0.113. The lowest BCUT2D eigenvalue weighted by atomic mass is 9.96. The zero-order valence-electron chi connectivity index (χ0n) is 6.99. The summed E-state index contributed by atoms with van der Waals surface area (Å²) in [7, 11) is 0. The van der Waals surface area contributed by atoms with E-state index in [0.717, 1.165) is 5.56 Å². The highest BCUT2D eigenvalue weighted by molar-refractivity contribution is 5.32. The van der Waals surface area contributed by atoms with E-state index in [4.69, 9.17) is 16.6 Å². The molecule has 12 heavy (non-hydrogen) atoms. The number of nitrogens with zero attached hydrogens (tertiary/aromatic N) is 1. The molecule has 5 N–H and O–H groups in total. The van der Waals surface area contributed by atoms with Crippen molar-refractivity contribution in [3.05, 3.63) is 23.9 Å². The van der Waals surface area contributed by atoms with Crippen molar-refractivity contribution in [2.75, 3.05) is 12.3 Å². The molecule has 0 aliphatic carbocycles. The first-order valence-electron chi connectivity index (χ1n) is 3.68. The van der Waals surface area contributed by atoms with Crippen LogP contribution < -0.4 is 11.5 Å². The van der Waals surface area contributed by atoms with Crippen LogP contribution >= 0.6 is 0 Å². The molecule has 0 radical (unpaired) electrons. The lowest BCUT2D eigenvalue weighted by Gasteiger charge is -2.21. The second-order valence-corrected chi connectivity index (χ2v) is 3.05. The molecule has 0 amide bonds. The number of rotatable bonds is 2. The number of aliphatic hydroxyl groups excluding tert-OH is 1. The van der Waals surface area contributed by atoms with Crippen LogP contribution in [0.4, 0.5) is 5.82 Å². The molecule has 0 aromatic carbocycles. The Morgan fingerprint density at radius 2 is 2.25 bits per heavy atom. The van der Waals surface area contributed by atoms with Crippen LogP contribution in [0, 0.1) is 0 Å². The summed E-state index contributed by atoms with van der Waals surface area (Å²) in [6.07, 6.45) is 1.57. The van der Waals surface area contributed by atoms with E-state index < -0.39 is 5.54 Å². The van der Waals surface area contributed by atoms with Gasteiger partial charge in [0, 0.05) is 6.20 Å². The number of hydrogen-bond donors (Lipinski definition) is 3. The average Bonchev–Trinajstić information content (AvgIpc) is 2.05. The zero-order valence-corrected chi connectivity index (χ0v) is 6.99. The third-order valence-electron chi connectivity index (χ3n) is 1.77. The van der Waals surface area contributed by atoms with E-state index in [-0.39, 0.29) is 6.61 Å². The molecular formula is C8H13N3O. The third kappa shape index (κ3) is 1.72. The Kier molecular flexibility index (Phi) is 2.30. The molecule has 0 aliphatic heterocycles. The Morgan fingerprint density at radius 1 is 1.58 bits per heavy atom. The van der Waals surface area contributed by atoms with Gasteiger partial charge in [0.05, 0.1) is 12.1 Å². The topological polar surface area (TPSA) is 85.2 Å². The first-order chi connectivity index (χ1) is 5.56. The van der Waals surface area contributed by atoms with E-state index in [2.05, 4.69) is 4.98 Å². The Labute approximate surface area is 71.2 Å². The first kappa shape index (κ1) is 8.96. The number of pyridine rings is 1. The molecule has 1 aromatic heterocycles.